The number of nitrogens with zero attached hydrogens (tertiary/aromatic N) is 5. The fourth-order valence-corrected chi connectivity index (χ4v) is 4.46. The largest absolute Gasteiger partial charge is 0.373 e. The van der Waals surface area contributed by atoms with Crippen LogP contribution in [0.5, 0.6) is 0 Å². The molecule has 1 aromatic heterocycles. The topological polar surface area (TPSA) is 78.9 Å². The van der Waals surface area contributed by atoms with E-state index in [0.29, 0.717) is 63.6 Å². The SMILES string of the molecule is O=C(c1cnc2ccccc2n1)N1CCOC(CN2CCN(C(=O)c3ccccc3F)CC2)C1. The first-order chi connectivity index (χ1) is 16.6. The molecule has 2 aromatic carbocycles. The van der Waals surface area contributed by atoms with Gasteiger partial charge in [-0.15, -0.1) is 0 Å². The molecule has 0 aliphatic carbocycles. The predicted octanol–water partition coefficient (Wildman–Crippen LogP) is 2.07. The molecule has 3 aromatic rings. The molecule has 0 radical (unpaired) electrons. The highest BCUT2D eigenvalue weighted by molar-refractivity contribution is 5.95. The first kappa shape index (κ1) is 22.4. The first-order valence-electron chi connectivity index (χ1n) is 11.5. The third-order valence-electron chi connectivity index (χ3n) is 6.32. The highest BCUT2D eigenvalue weighted by atomic mass is 19.1. The summed E-state index contributed by atoms with van der Waals surface area (Å²) >= 11 is 0. The van der Waals surface area contributed by atoms with Crippen molar-refractivity contribution in [1.29, 1.82) is 0 Å². The maximum atomic E-state index is 14.0. The molecule has 2 fully saturated rings. The summed E-state index contributed by atoms with van der Waals surface area (Å²) in [6.07, 6.45) is 1.40. The van der Waals surface area contributed by atoms with Crippen molar-refractivity contribution >= 4 is 22.8 Å². The van der Waals surface area contributed by atoms with E-state index in [1.54, 1.807) is 21.9 Å². The number of amides is 2. The summed E-state index contributed by atoms with van der Waals surface area (Å²) in [6.45, 7) is 4.49. The van der Waals surface area contributed by atoms with Crippen LogP contribution in [0.15, 0.2) is 54.7 Å². The molecule has 0 saturated carbocycles. The van der Waals surface area contributed by atoms with Crippen LogP contribution in [0.2, 0.25) is 0 Å². The van der Waals surface area contributed by atoms with E-state index in [-0.39, 0.29) is 23.5 Å². The second-order valence-electron chi connectivity index (χ2n) is 8.56. The third-order valence-corrected chi connectivity index (χ3v) is 6.32. The van der Waals surface area contributed by atoms with Gasteiger partial charge in [0.2, 0.25) is 0 Å². The average Bonchev–Trinajstić information content (AvgIpc) is 2.88. The second-order valence-corrected chi connectivity index (χ2v) is 8.56. The van der Waals surface area contributed by atoms with E-state index in [1.165, 1.54) is 18.3 Å². The van der Waals surface area contributed by atoms with Crippen LogP contribution in [0, 0.1) is 5.82 Å². The molecule has 1 atom stereocenters. The number of aromatic nitrogens is 2. The number of rotatable bonds is 4. The lowest BCUT2D eigenvalue weighted by Gasteiger charge is -2.39. The Morgan fingerprint density at radius 1 is 0.912 bits per heavy atom. The maximum Gasteiger partial charge on any atom is 0.274 e. The Morgan fingerprint density at radius 2 is 1.65 bits per heavy atom. The van der Waals surface area contributed by atoms with E-state index in [4.69, 9.17) is 4.74 Å². The van der Waals surface area contributed by atoms with Crippen LogP contribution in [0.4, 0.5) is 4.39 Å². The highest BCUT2D eigenvalue weighted by Crippen LogP contribution is 2.16. The van der Waals surface area contributed by atoms with Crippen molar-refractivity contribution in [2.75, 3.05) is 52.4 Å². The van der Waals surface area contributed by atoms with Crippen molar-refractivity contribution in [1.82, 2.24) is 24.7 Å². The maximum absolute atomic E-state index is 14.0. The number of piperazine rings is 1. The van der Waals surface area contributed by atoms with Crippen LogP contribution in [0.25, 0.3) is 11.0 Å². The lowest BCUT2D eigenvalue weighted by atomic mass is 10.1. The Hall–Kier alpha value is -3.43. The van der Waals surface area contributed by atoms with Crippen LogP contribution in [0.1, 0.15) is 20.8 Å². The number of hydrogen-bond acceptors (Lipinski definition) is 6. The monoisotopic (exact) mass is 463 g/mol. The first-order valence-corrected chi connectivity index (χ1v) is 11.5. The normalized spacial score (nSPS) is 19.4. The van der Waals surface area contributed by atoms with Crippen molar-refractivity contribution in [2.24, 2.45) is 0 Å². The van der Waals surface area contributed by atoms with Gasteiger partial charge in [-0.3, -0.25) is 19.5 Å². The summed E-state index contributed by atoms with van der Waals surface area (Å²) in [5, 5.41) is 0. The Kier molecular flexibility index (Phi) is 6.46. The zero-order chi connectivity index (χ0) is 23.5. The van der Waals surface area contributed by atoms with E-state index in [9.17, 15) is 14.0 Å². The molecule has 2 saturated heterocycles. The van der Waals surface area contributed by atoms with Crippen LogP contribution < -0.4 is 0 Å². The third kappa shape index (κ3) is 4.76. The molecule has 2 aliphatic rings. The van der Waals surface area contributed by atoms with E-state index < -0.39 is 5.82 Å². The quantitative estimate of drug-likeness (QED) is 0.590. The summed E-state index contributed by atoms with van der Waals surface area (Å²) in [5.74, 6) is -0.918. The summed E-state index contributed by atoms with van der Waals surface area (Å²) in [7, 11) is 0. The van der Waals surface area contributed by atoms with Gasteiger partial charge in [-0.1, -0.05) is 24.3 Å². The van der Waals surface area contributed by atoms with Crippen molar-refractivity contribution in [3.8, 4) is 0 Å². The minimum atomic E-state index is -0.494. The van der Waals surface area contributed by atoms with Gasteiger partial charge in [0.1, 0.15) is 11.5 Å². The van der Waals surface area contributed by atoms with Gasteiger partial charge in [0, 0.05) is 45.8 Å². The van der Waals surface area contributed by atoms with Crippen molar-refractivity contribution < 1.29 is 18.7 Å². The minimum Gasteiger partial charge on any atom is -0.373 e. The van der Waals surface area contributed by atoms with E-state index in [2.05, 4.69) is 14.9 Å². The van der Waals surface area contributed by atoms with Crippen molar-refractivity contribution in [3.63, 3.8) is 0 Å². The number of halogens is 1. The Morgan fingerprint density at radius 3 is 2.44 bits per heavy atom. The number of fused-ring (bicyclic) bond motifs is 1. The zero-order valence-corrected chi connectivity index (χ0v) is 18.8. The van der Waals surface area contributed by atoms with E-state index in [1.807, 2.05) is 24.3 Å². The highest BCUT2D eigenvalue weighted by Gasteiger charge is 2.30. The van der Waals surface area contributed by atoms with Crippen molar-refractivity contribution in [2.45, 2.75) is 6.10 Å². The lowest BCUT2D eigenvalue weighted by molar-refractivity contribution is -0.0401. The van der Waals surface area contributed by atoms with Crippen molar-refractivity contribution in [3.05, 3.63) is 71.8 Å². The van der Waals surface area contributed by atoms with Gasteiger partial charge in [0.05, 0.1) is 35.5 Å². The molecule has 0 spiro atoms. The number of carbonyl (C=O) groups excluding carboxylic acids is 2. The van der Waals surface area contributed by atoms with Gasteiger partial charge in [0.15, 0.2) is 0 Å². The predicted molar refractivity (Wildman–Crippen MR) is 124 cm³/mol. The van der Waals surface area contributed by atoms with Gasteiger partial charge in [0.25, 0.3) is 11.8 Å². The summed E-state index contributed by atoms with van der Waals surface area (Å²) in [4.78, 5) is 40.2. The van der Waals surface area contributed by atoms with E-state index >= 15 is 0 Å². The Bertz CT molecular complexity index is 1200. The molecule has 3 heterocycles. The summed E-state index contributed by atoms with van der Waals surface area (Å²) in [6, 6.07) is 13.5. The van der Waals surface area contributed by atoms with Crippen LogP contribution in [0.3, 0.4) is 0 Å². The standard InChI is InChI=1S/C25H26FN5O3/c26-20-6-2-1-5-19(20)24(32)30-11-9-29(10-12-30)16-18-17-31(13-14-34-18)25(33)23-15-27-21-7-3-4-8-22(21)28-23/h1-8,15,18H,9-14,16-17H2. The molecule has 2 amide bonds. The zero-order valence-electron chi connectivity index (χ0n) is 18.8. The fraction of sp³-hybridized carbons (Fsp3) is 0.360. The molecular formula is C25H26FN5O3. The number of carbonyl (C=O) groups is 2. The number of benzene rings is 2. The number of ether oxygens (including phenoxy) is 1. The van der Waals surface area contributed by atoms with Gasteiger partial charge in [-0.2, -0.15) is 0 Å². The smallest absolute Gasteiger partial charge is 0.274 e. The summed E-state index contributed by atoms with van der Waals surface area (Å²) in [5.41, 5.74) is 1.89. The molecule has 9 heteroatoms. The lowest BCUT2D eigenvalue weighted by Crippen LogP contribution is -2.54. The van der Waals surface area contributed by atoms with Gasteiger partial charge in [-0.05, 0) is 24.3 Å². The Balaban J connectivity index is 1.15. The molecule has 2 aliphatic heterocycles. The average molecular weight is 464 g/mol. The number of hydrogen-bond donors (Lipinski definition) is 0. The molecule has 5 rings (SSSR count). The number of morpholine rings is 1. The Labute approximate surface area is 196 Å². The van der Waals surface area contributed by atoms with Crippen LogP contribution in [-0.2, 0) is 4.74 Å². The molecule has 1 unspecified atom stereocenters. The van der Waals surface area contributed by atoms with Crippen LogP contribution >= 0.6 is 0 Å². The number of para-hydroxylation sites is 2. The molecule has 176 valence electrons. The fourth-order valence-electron chi connectivity index (χ4n) is 4.46. The van der Waals surface area contributed by atoms with Gasteiger partial charge < -0.3 is 14.5 Å². The molecular weight excluding hydrogens is 437 g/mol. The van der Waals surface area contributed by atoms with Gasteiger partial charge >= 0.3 is 0 Å². The molecule has 0 N–H and O–H groups in total. The molecule has 8 nitrogen and oxygen atoms in total. The summed E-state index contributed by atoms with van der Waals surface area (Å²) < 4.78 is 19.9. The van der Waals surface area contributed by atoms with Gasteiger partial charge in [-0.25, -0.2) is 9.37 Å². The van der Waals surface area contributed by atoms with E-state index in [0.717, 1.165) is 5.52 Å². The molecule has 0 bridgehead atoms. The molecule has 34 heavy (non-hydrogen) atoms. The second kappa shape index (κ2) is 9.82. The minimum absolute atomic E-state index is 0.109. The van der Waals surface area contributed by atoms with Crippen LogP contribution in [-0.4, -0.2) is 95.0 Å².